The SMILES string of the molecule is Cc1noc(C)c1NC(=O)Nc1cccc2c1O[C@@H](CN(C)C(=O)Nc1cccc3ccccc13)[C@H](C)CN([C@@H](C)CO)C2=O. The Hall–Kier alpha value is -5.10. The van der Waals surface area contributed by atoms with Gasteiger partial charge in [-0.1, -0.05) is 54.5 Å². The number of benzene rings is 3. The summed E-state index contributed by atoms with van der Waals surface area (Å²) in [5.41, 5.74) is 2.14. The fraction of sp³-hybridized carbons (Fsp3) is 0.333. The van der Waals surface area contributed by atoms with E-state index in [2.05, 4.69) is 21.1 Å². The fourth-order valence-electron chi connectivity index (χ4n) is 5.39. The molecule has 0 unspecified atom stereocenters. The van der Waals surface area contributed by atoms with Gasteiger partial charge in [0.2, 0.25) is 0 Å². The van der Waals surface area contributed by atoms with Gasteiger partial charge in [0.15, 0.2) is 11.5 Å². The second kappa shape index (κ2) is 13.3. The molecule has 0 bridgehead atoms. The molecule has 5 rings (SSSR count). The Labute approximate surface area is 261 Å². The van der Waals surface area contributed by atoms with Gasteiger partial charge in [0.05, 0.1) is 36.1 Å². The maximum Gasteiger partial charge on any atom is 0.323 e. The number of carbonyl (C=O) groups excluding carboxylic acids is 3. The van der Waals surface area contributed by atoms with Crippen LogP contribution in [0.5, 0.6) is 5.75 Å². The van der Waals surface area contributed by atoms with Crippen molar-refractivity contribution >= 4 is 45.8 Å². The predicted octanol–water partition coefficient (Wildman–Crippen LogP) is 5.47. The Morgan fingerprint density at radius 2 is 1.76 bits per heavy atom. The molecule has 0 aliphatic carbocycles. The summed E-state index contributed by atoms with van der Waals surface area (Å²) in [4.78, 5) is 43.4. The number of ether oxygens (including phenoxy) is 1. The molecule has 1 aromatic heterocycles. The molecule has 0 radical (unpaired) electrons. The summed E-state index contributed by atoms with van der Waals surface area (Å²) in [5.74, 6) is 0.0255. The minimum Gasteiger partial charge on any atom is -0.485 e. The number of aliphatic hydroxyl groups is 1. The molecule has 0 spiro atoms. The van der Waals surface area contributed by atoms with Gasteiger partial charge in [-0.25, -0.2) is 9.59 Å². The van der Waals surface area contributed by atoms with Crippen molar-refractivity contribution in [3.63, 3.8) is 0 Å². The minimum atomic E-state index is -0.581. The van der Waals surface area contributed by atoms with E-state index in [0.29, 0.717) is 22.8 Å². The average molecular weight is 615 g/mol. The van der Waals surface area contributed by atoms with Crippen LogP contribution in [0.1, 0.15) is 35.7 Å². The van der Waals surface area contributed by atoms with Gasteiger partial charge >= 0.3 is 12.1 Å². The number of anilines is 3. The molecule has 1 aliphatic rings. The summed E-state index contributed by atoms with van der Waals surface area (Å²) in [6.45, 7) is 7.32. The van der Waals surface area contributed by atoms with Crippen LogP contribution in [0.15, 0.2) is 65.2 Å². The monoisotopic (exact) mass is 614 g/mol. The molecule has 0 fully saturated rings. The third-order valence-electron chi connectivity index (χ3n) is 8.04. The van der Waals surface area contributed by atoms with E-state index in [-0.39, 0.29) is 54.6 Å². The summed E-state index contributed by atoms with van der Waals surface area (Å²) < 4.78 is 11.7. The largest absolute Gasteiger partial charge is 0.485 e. The number of urea groups is 2. The highest BCUT2D eigenvalue weighted by Crippen LogP contribution is 2.35. The lowest BCUT2D eigenvalue weighted by atomic mass is 9.99. The topological polar surface area (TPSA) is 149 Å². The van der Waals surface area contributed by atoms with Crippen LogP contribution in [0.4, 0.5) is 26.7 Å². The number of likely N-dealkylation sites (N-methyl/N-ethyl adjacent to an activating group) is 1. The third kappa shape index (κ3) is 6.70. The van der Waals surface area contributed by atoms with Crippen LogP contribution in [-0.2, 0) is 0 Å². The van der Waals surface area contributed by atoms with Crippen molar-refractivity contribution in [2.45, 2.75) is 39.8 Å². The molecule has 12 nitrogen and oxygen atoms in total. The molecule has 2 heterocycles. The molecular weight excluding hydrogens is 576 g/mol. The van der Waals surface area contributed by atoms with Crippen molar-refractivity contribution in [1.82, 2.24) is 15.0 Å². The van der Waals surface area contributed by atoms with E-state index in [4.69, 9.17) is 9.26 Å². The zero-order valence-corrected chi connectivity index (χ0v) is 26.0. The minimum absolute atomic E-state index is 0.172. The van der Waals surface area contributed by atoms with Crippen LogP contribution < -0.4 is 20.7 Å². The smallest absolute Gasteiger partial charge is 0.323 e. The van der Waals surface area contributed by atoms with Crippen molar-refractivity contribution in [1.29, 1.82) is 0 Å². The molecule has 12 heteroatoms. The second-order valence-corrected chi connectivity index (χ2v) is 11.4. The molecule has 4 aromatic rings. The van der Waals surface area contributed by atoms with Gasteiger partial charge in [0.1, 0.15) is 17.5 Å². The second-order valence-electron chi connectivity index (χ2n) is 11.4. The van der Waals surface area contributed by atoms with E-state index in [9.17, 15) is 19.5 Å². The number of aliphatic hydroxyl groups excluding tert-OH is 1. The number of fused-ring (bicyclic) bond motifs is 2. The maximum absolute atomic E-state index is 13.8. The van der Waals surface area contributed by atoms with Gasteiger partial charge < -0.3 is 40.1 Å². The zero-order chi connectivity index (χ0) is 32.2. The first-order valence-electron chi connectivity index (χ1n) is 14.8. The highest BCUT2D eigenvalue weighted by Gasteiger charge is 2.35. The Kier molecular flexibility index (Phi) is 9.24. The van der Waals surface area contributed by atoms with Crippen LogP contribution in [0.25, 0.3) is 10.8 Å². The average Bonchev–Trinajstić information content (AvgIpc) is 3.34. The van der Waals surface area contributed by atoms with E-state index in [1.807, 2.05) is 49.4 Å². The van der Waals surface area contributed by atoms with Crippen molar-refractivity contribution in [2.75, 3.05) is 42.7 Å². The van der Waals surface area contributed by atoms with Crippen LogP contribution in [-0.4, -0.2) is 76.9 Å². The Bertz CT molecular complexity index is 1700. The molecule has 1 aliphatic heterocycles. The summed E-state index contributed by atoms with van der Waals surface area (Å²) >= 11 is 0. The number of carbonyl (C=O) groups is 3. The van der Waals surface area contributed by atoms with Crippen molar-refractivity contribution in [3.8, 4) is 5.75 Å². The lowest BCUT2D eigenvalue weighted by Crippen LogP contribution is -2.50. The van der Waals surface area contributed by atoms with Gasteiger partial charge in [-0.2, -0.15) is 0 Å². The van der Waals surface area contributed by atoms with E-state index >= 15 is 0 Å². The number of hydrogen-bond acceptors (Lipinski definition) is 7. The molecule has 4 N–H and O–H groups in total. The van der Waals surface area contributed by atoms with Crippen LogP contribution in [0.2, 0.25) is 0 Å². The number of hydrogen-bond donors (Lipinski definition) is 4. The maximum atomic E-state index is 13.8. The molecule has 45 heavy (non-hydrogen) atoms. The number of aromatic nitrogens is 1. The fourth-order valence-corrected chi connectivity index (χ4v) is 5.39. The van der Waals surface area contributed by atoms with Gasteiger partial charge in [0, 0.05) is 24.9 Å². The van der Waals surface area contributed by atoms with Crippen LogP contribution >= 0.6 is 0 Å². The van der Waals surface area contributed by atoms with E-state index in [1.165, 1.54) is 4.90 Å². The summed E-state index contributed by atoms with van der Waals surface area (Å²) in [6, 6.07) is 17.1. The summed E-state index contributed by atoms with van der Waals surface area (Å²) in [6.07, 6.45) is -0.581. The Morgan fingerprint density at radius 3 is 2.49 bits per heavy atom. The first kappa shape index (κ1) is 31.3. The number of aryl methyl sites for hydroxylation is 2. The molecular formula is C33H38N6O6. The molecule has 0 saturated heterocycles. The third-order valence-corrected chi connectivity index (χ3v) is 8.04. The normalized spacial score (nSPS) is 17.0. The van der Waals surface area contributed by atoms with Crippen molar-refractivity contribution in [3.05, 3.63) is 77.7 Å². The van der Waals surface area contributed by atoms with Crippen LogP contribution in [0, 0.1) is 19.8 Å². The number of nitrogens with zero attached hydrogens (tertiary/aromatic N) is 3. The molecule has 3 atom stereocenters. The lowest BCUT2D eigenvalue weighted by molar-refractivity contribution is 0.0373. The molecule has 236 valence electrons. The van der Waals surface area contributed by atoms with Gasteiger partial charge in [-0.15, -0.1) is 0 Å². The number of para-hydroxylation sites is 1. The molecule has 3 aromatic carbocycles. The number of rotatable bonds is 7. The number of nitrogens with one attached hydrogen (secondary N) is 3. The zero-order valence-electron chi connectivity index (χ0n) is 26.0. The van der Waals surface area contributed by atoms with E-state index in [0.717, 1.165) is 10.8 Å². The Balaban J connectivity index is 1.42. The van der Waals surface area contributed by atoms with Crippen molar-refractivity contribution < 1.29 is 28.8 Å². The van der Waals surface area contributed by atoms with E-state index in [1.54, 1.807) is 50.9 Å². The van der Waals surface area contributed by atoms with Gasteiger partial charge in [0.25, 0.3) is 5.91 Å². The lowest BCUT2D eigenvalue weighted by Gasteiger charge is -2.38. The van der Waals surface area contributed by atoms with Crippen molar-refractivity contribution in [2.24, 2.45) is 5.92 Å². The van der Waals surface area contributed by atoms with E-state index < -0.39 is 18.2 Å². The van der Waals surface area contributed by atoms with Crippen LogP contribution in [0.3, 0.4) is 0 Å². The Morgan fingerprint density at radius 1 is 1.04 bits per heavy atom. The molecule has 0 saturated carbocycles. The summed E-state index contributed by atoms with van der Waals surface area (Å²) in [7, 11) is 1.68. The summed E-state index contributed by atoms with van der Waals surface area (Å²) in [5, 5.41) is 24.3. The number of amides is 5. The standard InChI is InChI=1S/C33H38N6O6/c1-19-16-39(20(2)18-40)31(41)25-13-9-15-27(34-32(42)36-29-21(3)37-45-22(29)4)30(25)44-28(19)17-38(5)33(43)35-26-14-8-11-23-10-6-7-12-24(23)26/h6-15,19-20,28,40H,16-18H2,1-5H3,(H,35,43)(H2,34,36,42)/t19-,20+,28+/m1/s1. The quantitative estimate of drug-likeness (QED) is 0.216. The first-order chi connectivity index (χ1) is 21.6. The van der Waals surface area contributed by atoms with Gasteiger partial charge in [-0.05, 0) is 44.4 Å². The predicted molar refractivity (Wildman–Crippen MR) is 172 cm³/mol. The van der Waals surface area contributed by atoms with Gasteiger partial charge in [-0.3, -0.25) is 4.79 Å². The highest BCUT2D eigenvalue weighted by atomic mass is 16.5. The highest BCUT2D eigenvalue weighted by molar-refractivity contribution is 6.05. The first-order valence-corrected chi connectivity index (χ1v) is 14.8. The molecule has 5 amide bonds.